The summed E-state index contributed by atoms with van der Waals surface area (Å²) in [6.45, 7) is 3.78. The van der Waals surface area contributed by atoms with Crippen LogP contribution < -0.4 is 10.3 Å². The Hall–Kier alpha value is -3.03. The molecule has 0 radical (unpaired) electrons. The minimum atomic E-state index is -4.46. The fourth-order valence-corrected chi connectivity index (χ4v) is 3.16. The van der Waals surface area contributed by atoms with Crippen LogP contribution in [0.25, 0.3) is 0 Å². The standard InChI is InChI=1S/C20H20F3N3O2/c1-3-28-19(27)18(26-13(2)11-14-7-4-5-10-17(14)26)25-24-16-9-6-8-15(12-16)20(21,22)23/h4-10,12-13,24H,3,11H2,1-2H3/b25-18+/t13-/m1/s1. The molecule has 0 aromatic heterocycles. The molecule has 8 heteroatoms. The average molecular weight is 391 g/mol. The SMILES string of the molecule is CCOC(=O)/C(=N\Nc1cccc(C(F)(F)F)c1)N1c2ccccc2C[C@H]1C. The number of alkyl halides is 3. The Morgan fingerprint density at radius 2 is 2.00 bits per heavy atom. The number of carbonyl (C=O) groups is 1. The van der Waals surface area contributed by atoms with Crippen molar-refractivity contribution in [2.75, 3.05) is 16.9 Å². The van der Waals surface area contributed by atoms with E-state index in [1.165, 1.54) is 12.1 Å². The van der Waals surface area contributed by atoms with Crippen LogP contribution in [-0.2, 0) is 22.1 Å². The zero-order chi connectivity index (χ0) is 20.3. The third-order valence-corrected chi connectivity index (χ3v) is 4.37. The number of esters is 1. The van der Waals surface area contributed by atoms with Crippen molar-refractivity contribution in [2.45, 2.75) is 32.5 Å². The molecule has 0 fully saturated rings. The van der Waals surface area contributed by atoms with Crippen molar-refractivity contribution in [3.05, 3.63) is 59.7 Å². The van der Waals surface area contributed by atoms with E-state index in [4.69, 9.17) is 4.74 Å². The first kappa shape index (κ1) is 19.7. The van der Waals surface area contributed by atoms with Gasteiger partial charge in [0.1, 0.15) is 0 Å². The predicted octanol–water partition coefficient (Wildman–Crippen LogP) is 4.45. The molecule has 0 saturated carbocycles. The summed E-state index contributed by atoms with van der Waals surface area (Å²) < 4.78 is 43.8. The Morgan fingerprint density at radius 1 is 1.25 bits per heavy atom. The van der Waals surface area contributed by atoms with E-state index in [0.717, 1.165) is 29.8 Å². The van der Waals surface area contributed by atoms with Crippen LogP contribution in [0.1, 0.15) is 25.0 Å². The minimum absolute atomic E-state index is 0.00304. The lowest BCUT2D eigenvalue weighted by molar-refractivity contribution is -0.137. The summed E-state index contributed by atoms with van der Waals surface area (Å²) in [6, 6.07) is 12.2. The molecule has 0 unspecified atom stereocenters. The second kappa shape index (κ2) is 7.92. The number of carbonyl (C=O) groups excluding carboxylic acids is 1. The number of ether oxygens (including phenoxy) is 1. The second-order valence-electron chi connectivity index (χ2n) is 6.40. The topological polar surface area (TPSA) is 53.9 Å². The summed E-state index contributed by atoms with van der Waals surface area (Å²) in [4.78, 5) is 14.3. The van der Waals surface area contributed by atoms with Crippen molar-refractivity contribution >= 4 is 23.2 Å². The van der Waals surface area contributed by atoms with Crippen LogP contribution in [0.5, 0.6) is 0 Å². The molecule has 5 nitrogen and oxygen atoms in total. The number of para-hydroxylation sites is 1. The number of amidine groups is 1. The molecule has 1 heterocycles. The first-order chi connectivity index (χ1) is 13.3. The van der Waals surface area contributed by atoms with Gasteiger partial charge in [0.05, 0.1) is 17.9 Å². The Labute approximate surface area is 160 Å². The molecule has 0 amide bonds. The largest absolute Gasteiger partial charge is 0.460 e. The van der Waals surface area contributed by atoms with E-state index in [2.05, 4.69) is 10.5 Å². The van der Waals surface area contributed by atoms with Crippen LogP contribution >= 0.6 is 0 Å². The molecular weight excluding hydrogens is 371 g/mol. The van der Waals surface area contributed by atoms with Crippen molar-refractivity contribution in [3.63, 3.8) is 0 Å². The summed E-state index contributed by atoms with van der Waals surface area (Å²) in [7, 11) is 0. The van der Waals surface area contributed by atoms with Gasteiger partial charge in [0, 0.05) is 11.7 Å². The number of hydrazone groups is 1. The minimum Gasteiger partial charge on any atom is -0.460 e. The van der Waals surface area contributed by atoms with Crippen molar-refractivity contribution in [2.24, 2.45) is 5.10 Å². The number of nitrogens with one attached hydrogen (secondary N) is 1. The number of benzene rings is 2. The fourth-order valence-electron chi connectivity index (χ4n) is 3.16. The van der Waals surface area contributed by atoms with Crippen LogP contribution in [-0.4, -0.2) is 24.5 Å². The number of anilines is 2. The quantitative estimate of drug-likeness (QED) is 0.364. The van der Waals surface area contributed by atoms with Crippen LogP contribution in [0.3, 0.4) is 0 Å². The molecule has 2 aromatic rings. The zero-order valence-electron chi connectivity index (χ0n) is 15.5. The maximum atomic E-state index is 12.9. The summed E-state index contributed by atoms with van der Waals surface area (Å²) in [5, 5.41) is 4.12. The fraction of sp³-hybridized carbons (Fsp3) is 0.300. The number of hydrogen-bond acceptors (Lipinski definition) is 4. The lowest BCUT2D eigenvalue weighted by Crippen LogP contribution is -2.42. The maximum Gasteiger partial charge on any atom is 0.416 e. The molecule has 0 spiro atoms. The van der Waals surface area contributed by atoms with Gasteiger partial charge in [0.2, 0.25) is 5.84 Å². The highest BCUT2D eigenvalue weighted by Gasteiger charge is 2.34. The first-order valence-electron chi connectivity index (χ1n) is 8.86. The van der Waals surface area contributed by atoms with Gasteiger partial charge in [-0.25, -0.2) is 4.79 Å². The lowest BCUT2D eigenvalue weighted by atomic mass is 10.1. The molecular formula is C20H20F3N3O2. The summed E-state index contributed by atoms with van der Waals surface area (Å²) >= 11 is 0. The normalized spacial score (nSPS) is 16.7. The Morgan fingerprint density at radius 3 is 2.71 bits per heavy atom. The van der Waals surface area contributed by atoms with Crippen molar-refractivity contribution < 1.29 is 22.7 Å². The first-order valence-corrected chi connectivity index (χ1v) is 8.86. The number of nitrogens with zero attached hydrogens (tertiary/aromatic N) is 2. The van der Waals surface area contributed by atoms with Crippen LogP contribution in [0.4, 0.5) is 24.5 Å². The Bertz CT molecular complexity index is 896. The van der Waals surface area contributed by atoms with Crippen LogP contribution in [0.2, 0.25) is 0 Å². The molecule has 148 valence electrons. The predicted molar refractivity (Wildman–Crippen MR) is 101 cm³/mol. The summed E-state index contributed by atoms with van der Waals surface area (Å²) in [5.41, 5.74) is 3.78. The highest BCUT2D eigenvalue weighted by Crippen LogP contribution is 2.33. The summed E-state index contributed by atoms with van der Waals surface area (Å²) in [6.07, 6.45) is -3.74. The van der Waals surface area contributed by atoms with E-state index in [9.17, 15) is 18.0 Å². The number of fused-ring (bicyclic) bond motifs is 1. The molecule has 3 rings (SSSR count). The van der Waals surface area contributed by atoms with Gasteiger partial charge in [0.15, 0.2) is 0 Å². The molecule has 1 aliphatic rings. The highest BCUT2D eigenvalue weighted by molar-refractivity contribution is 6.41. The lowest BCUT2D eigenvalue weighted by Gasteiger charge is -2.25. The molecule has 0 aliphatic carbocycles. The molecule has 2 aromatic carbocycles. The van der Waals surface area contributed by atoms with Gasteiger partial charge in [-0.1, -0.05) is 24.3 Å². The Kier molecular flexibility index (Phi) is 5.58. The van der Waals surface area contributed by atoms with Gasteiger partial charge in [0.25, 0.3) is 0 Å². The molecule has 1 N–H and O–H groups in total. The molecule has 0 saturated heterocycles. The van der Waals surface area contributed by atoms with E-state index in [1.807, 2.05) is 31.2 Å². The average Bonchev–Trinajstić information content (AvgIpc) is 2.98. The van der Waals surface area contributed by atoms with E-state index in [-0.39, 0.29) is 24.2 Å². The molecule has 28 heavy (non-hydrogen) atoms. The summed E-state index contributed by atoms with van der Waals surface area (Å²) in [5.74, 6) is -0.651. The van der Waals surface area contributed by atoms with Gasteiger partial charge in [-0.2, -0.15) is 13.2 Å². The monoisotopic (exact) mass is 391 g/mol. The van der Waals surface area contributed by atoms with Gasteiger partial charge < -0.3 is 9.64 Å². The number of rotatable bonds is 3. The zero-order valence-corrected chi connectivity index (χ0v) is 15.5. The Balaban J connectivity index is 1.94. The molecule has 0 bridgehead atoms. The maximum absolute atomic E-state index is 12.9. The smallest absolute Gasteiger partial charge is 0.416 e. The second-order valence-corrected chi connectivity index (χ2v) is 6.40. The highest BCUT2D eigenvalue weighted by atomic mass is 19.4. The van der Waals surface area contributed by atoms with Crippen LogP contribution in [0.15, 0.2) is 53.6 Å². The third kappa shape index (κ3) is 4.11. The molecule has 1 atom stereocenters. The van der Waals surface area contributed by atoms with Gasteiger partial charge in [-0.05, 0) is 50.1 Å². The molecule has 1 aliphatic heterocycles. The van der Waals surface area contributed by atoms with Crippen molar-refractivity contribution in [3.8, 4) is 0 Å². The van der Waals surface area contributed by atoms with Crippen LogP contribution in [0, 0.1) is 0 Å². The van der Waals surface area contributed by atoms with Gasteiger partial charge in [-0.3, -0.25) is 5.43 Å². The van der Waals surface area contributed by atoms with Crippen molar-refractivity contribution in [1.29, 1.82) is 0 Å². The number of hydrogen-bond donors (Lipinski definition) is 1. The van der Waals surface area contributed by atoms with E-state index >= 15 is 0 Å². The van der Waals surface area contributed by atoms with E-state index in [0.29, 0.717) is 0 Å². The van der Waals surface area contributed by atoms with Gasteiger partial charge in [-0.15, -0.1) is 5.10 Å². The van der Waals surface area contributed by atoms with Crippen molar-refractivity contribution in [1.82, 2.24) is 0 Å². The number of halogens is 3. The van der Waals surface area contributed by atoms with E-state index < -0.39 is 17.7 Å². The van der Waals surface area contributed by atoms with E-state index in [1.54, 1.807) is 11.8 Å². The van der Waals surface area contributed by atoms with Gasteiger partial charge >= 0.3 is 12.1 Å². The third-order valence-electron chi connectivity index (χ3n) is 4.37.